The summed E-state index contributed by atoms with van der Waals surface area (Å²) in [6.45, 7) is 1.62. The minimum Gasteiger partial charge on any atom is -0.494 e. The molecule has 1 saturated carbocycles. The molecule has 0 saturated heterocycles. The van der Waals surface area contributed by atoms with Crippen molar-refractivity contribution in [3.8, 4) is 5.75 Å². The predicted molar refractivity (Wildman–Crippen MR) is 59.0 cm³/mol. The van der Waals surface area contributed by atoms with Gasteiger partial charge in [0.1, 0.15) is 5.78 Å². The summed E-state index contributed by atoms with van der Waals surface area (Å²) in [6.07, 6.45) is 2.50. The minimum atomic E-state index is -0.362. The quantitative estimate of drug-likeness (QED) is 0.783. The second kappa shape index (κ2) is 3.89. The lowest BCUT2D eigenvalue weighted by molar-refractivity contribution is -0.121. The number of hydrogen-bond donors (Lipinski definition) is 0. The van der Waals surface area contributed by atoms with Crippen molar-refractivity contribution in [1.29, 1.82) is 0 Å². The Labute approximate surface area is 94.4 Å². The highest BCUT2D eigenvalue weighted by Gasteiger charge is 2.46. The van der Waals surface area contributed by atoms with Gasteiger partial charge < -0.3 is 4.74 Å². The Balaban J connectivity index is 2.17. The van der Waals surface area contributed by atoms with Gasteiger partial charge in [0.2, 0.25) is 0 Å². The number of Topliss-reactive ketones (excluding diaryl/α,β-unsaturated/α-hetero) is 1. The zero-order chi connectivity index (χ0) is 11.8. The van der Waals surface area contributed by atoms with Crippen molar-refractivity contribution in [3.05, 3.63) is 29.6 Å². The molecular formula is C13H15FO2. The molecule has 1 aromatic rings. The van der Waals surface area contributed by atoms with Gasteiger partial charge in [-0.2, -0.15) is 0 Å². The molecule has 0 atom stereocenters. The average molecular weight is 222 g/mol. The lowest BCUT2D eigenvalue weighted by atomic mass is 9.93. The van der Waals surface area contributed by atoms with Crippen LogP contribution in [0, 0.1) is 11.2 Å². The van der Waals surface area contributed by atoms with Crippen molar-refractivity contribution in [1.82, 2.24) is 0 Å². The maximum absolute atomic E-state index is 13.4. The van der Waals surface area contributed by atoms with E-state index in [9.17, 15) is 9.18 Å². The van der Waals surface area contributed by atoms with Gasteiger partial charge in [0.05, 0.1) is 7.11 Å². The van der Waals surface area contributed by atoms with Gasteiger partial charge in [-0.25, -0.2) is 4.39 Å². The predicted octanol–water partition coefficient (Wildman–Crippen LogP) is 2.75. The minimum absolute atomic E-state index is 0.207. The first-order valence-electron chi connectivity index (χ1n) is 5.41. The van der Waals surface area contributed by atoms with Gasteiger partial charge in [-0.1, -0.05) is 6.07 Å². The van der Waals surface area contributed by atoms with Crippen LogP contribution in [0.4, 0.5) is 4.39 Å². The number of rotatable bonds is 4. The van der Waals surface area contributed by atoms with Crippen LogP contribution in [-0.2, 0) is 11.2 Å². The first kappa shape index (κ1) is 11.1. The second-order valence-corrected chi connectivity index (χ2v) is 4.48. The van der Waals surface area contributed by atoms with Crippen LogP contribution in [0.15, 0.2) is 18.2 Å². The van der Waals surface area contributed by atoms with Crippen molar-refractivity contribution < 1.29 is 13.9 Å². The second-order valence-electron chi connectivity index (χ2n) is 4.48. The molecule has 16 heavy (non-hydrogen) atoms. The molecule has 0 heterocycles. The van der Waals surface area contributed by atoms with E-state index < -0.39 is 0 Å². The summed E-state index contributed by atoms with van der Waals surface area (Å²) in [5.74, 6) is 0.0968. The Kier molecular flexibility index (Phi) is 2.70. The first-order valence-corrected chi connectivity index (χ1v) is 5.41. The number of hydrogen-bond acceptors (Lipinski definition) is 2. The number of ether oxygens (including phenoxy) is 1. The molecule has 1 aliphatic carbocycles. The summed E-state index contributed by atoms with van der Waals surface area (Å²) in [4.78, 5) is 11.4. The highest BCUT2D eigenvalue weighted by atomic mass is 19.1. The van der Waals surface area contributed by atoms with Crippen LogP contribution in [-0.4, -0.2) is 12.9 Å². The van der Waals surface area contributed by atoms with E-state index in [1.165, 1.54) is 13.2 Å². The van der Waals surface area contributed by atoms with E-state index in [0.29, 0.717) is 6.42 Å². The van der Waals surface area contributed by atoms with E-state index in [1.807, 2.05) is 6.07 Å². The largest absolute Gasteiger partial charge is 0.494 e. The van der Waals surface area contributed by atoms with Gasteiger partial charge in [-0.15, -0.1) is 0 Å². The van der Waals surface area contributed by atoms with E-state index >= 15 is 0 Å². The normalized spacial score (nSPS) is 16.9. The molecule has 0 radical (unpaired) electrons. The Morgan fingerprint density at radius 2 is 2.19 bits per heavy atom. The van der Waals surface area contributed by atoms with Crippen molar-refractivity contribution in [3.63, 3.8) is 0 Å². The van der Waals surface area contributed by atoms with Crippen LogP contribution < -0.4 is 4.74 Å². The van der Waals surface area contributed by atoms with Crippen molar-refractivity contribution in [2.75, 3.05) is 7.11 Å². The van der Waals surface area contributed by atoms with E-state index in [1.54, 1.807) is 13.0 Å². The van der Waals surface area contributed by atoms with Crippen LogP contribution >= 0.6 is 0 Å². The SMILES string of the molecule is COc1ccc(CC2(C(C)=O)CC2)cc1F. The van der Waals surface area contributed by atoms with Crippen LogP contribution in [0.2, 0.25) is 0 Å². The first-order chi connectivity index (χ1) is 7.57. The Hall–Kier alpha value is -1.38. The molecule has 0 aromatic heterocycles. The fraction of sp³-hybridized carbons (Fsp3) is 0.462. The lowest BCUT2D eigenvalue weighted by Gasteiger charge is -2.11. The van der Waals surface area contributed by atoms with Crippen LogP contribution in [0.3, 0.4) is 0 Å². The third-order valence-electron chi connectivity index (χ3n) is 3.36. The number of carbonyl (C=O) groups is 1. The smallest absolute Gasteiger partial charge is 0.165 e. The number of benzene rings is 1. The van der Waals surface area contributed by atoms with Gasteiger partial charge >= 0.3 is 0 Å². The fourth-order valence-electron chi connectivity index (χ4n) is 2.01. The maximum atomic E-state index is 13.4. The van der Waals surface area contributed by atoms with Gasteiger partial charge in [0.25, 0.3) is 0 Å². The standard InChI is InChI=1S/C13H15FO2/c1-9(15)13(5-6-13)8-10-3-4-12(16-2)11(14)7-10/h3-4,7H,5-6,8H2,1-2H3. The van der Waals surface area contributed by atoms with Gasteiger partial charge in [0.15, 0.2) is 11.6 Å². The molecule has 2 rings (SSSR count). The molecule has 1 aliphatic rings. The zero-order valence-corrected chi connectivity index (χ0v) is 9.55. The molecule has 86 valence electrons. The number of methoxy groups -OCH3 is 1. The Morgan fingerprint density at radius 1 is 1.50 bits per heavy atom. The van der Waals surface area contributed by atoms with Crippen molar-refractivity contribution in [2.45, 2.75) is 26.2 Å². The molecule has 0 aliphatic heterocycles. The van der Waals surface area contributed by atoms with Gasteiger partial charge in [-0.05, 0) is 43.9 Å². The Morgan fingerprint density at radius 3 is 2.62 bits per heavy atom. The third kappa shape index (κ3) is 1.94. The summed E-state index contributed by atoms with van der Waals surface area (Å²) in [5.41, 5.74) is 0.659. The van der Waals surface area contributed by atoms with Crippen molar-refractivity contribution in [2.24, 2.45) is 5.41 Å². The van der Waals surface area contributed by atoms with Crippen LogP contribution in [0.1, 0.15) is 25.3 Å². The van der Waals surface area contributed by atoms with E-state index in [0.717, 1.165) is 18.4 Å². The number of ketones is 1. The summed E-state index contributed by atoms with van der Waals surface area (Å²) < 4.78 is 18.3. The topological polar surface area (TPSA) is 26.3 Å². The molecule has 1 aromatic carbocycles. The molecule has 3 heteroatoms. The average Bonchev–Trinajstić information content (AvgIpc) is 2.99. The number of halogens is 1. The molecule has 0 bridgehead atoms. The molecular weight excluding hydrogens is 207 g/mol. The highest BCUT2D eigenvalue weighted by Crippen LogP contribution is 2.49. The lowest BCUT2D eigenvalue weighted by Crippen LogP contribution is -2.15. The van der Waals surface area contributed by atoms with E-state index in [4.69, 9.17) is 4.74 Å². The summed E-state index contributed by atoms with van der Waals surface area (Å²) in [6, 6.07) is 4.90. The Bertz CT molecular complexity index is 422. The molecule has 0 unspecified atom stereocenters. The van der Waals surface area contributed by atoms with E-state index in [-0.39, 0.29) is 22.8 Å². The van der Waals surface area contributed by atoms with Crippen LogP contribution in [0.25, 0.3) is 0 Å². The fourth-order valence-corrected chi connectivity index (χ4v) is 2.01. The number of carbonyl (C=O) groups excluding carboxylic acids is 1. The molecule has 2 nitrogen and oxygen atoms in total. The maximum Gasteiger partial charge on any atom is 0.165 e. The molecule has 0 amide bonds. The summed E-state index contributed by atoms with van der Waals surface area (Å²) in [7, 11) is 1.44. The van der Waals surface area contributed by atoms with Gasteiger partial charge in [-0.3, -0.25) is 4.79 Å². The summed E-state index contributed by atoms with van der Waals surface area (Å²) >= 11 is 0. The molecule has 0 N–H and O–H groups in total. The van der Waals surface area contributed by atoms with Crippen molar-refractivity contribution >= 4 is 5.78 Å². The monoisotopic (exact) mass is 222 g/mol. The highest BCUT2D eigenvalue weighted by molar-refractivity contribution is 5.85. The van der Waals surface area contributed by atoms with Gasteiger partial charge in [0, 0.05) is 5.41 Å². The molecule has 1 fully saturated rings. The van der Waals surface area contributed by atoms with Crippen LogP contribution in [0.5, 0.6) is 5.75 Å². The third-order valence-corrected chi connectivity index (χ3v) is 3.36. The summed E-state index contributed by atoms with van der Waals surface area (Å²) in [5, 5.41) is 0. The molecule has 0 spiro atoms. The zero-order valence-electron chi connectivity index (χ0n) is 9.55. The van der Waals surface area contributed by atoms with E-state index in [2.05, 4.69) is 0 Å².